The molecule has 80 valence electrons. The van der Waals surface area contributed by atoms with Crippen molar-refractivity contribution in [3.8, 4) is 11.5 Å². The summed E-state index contributed by atoms with van der Waals surface area (Å²) < 4.78 is 4.75. The monoisotopic (exact) mass is 211 g/mol. The number of aromatic hydroxyl groups is 1. The highest BCUT2D eigenvalue weighted by Crippen LogP contribution is 2.36. The smallest absolute Gasteiger partial charge is 0.314 e. The maximum Gasteiger partial charge on any atom is 0.314 e. The molecule has 0 aromatic heterocycles. The number of nitro benzene ring substituents is 1. The van der Waals surface area contributed by atoms with Gasteiger partial charge in [-0.25, -0.2) is 0 Å². The van der Waals surface area contributed by atoms with Crippen LogP contribution in [0, 0.1) is 10.1 Å². The first kappa shape index (κ1) is 11.0. The second-order valence-corrected chi connectivity index (χ2v) is 2.79. The van der Waals surface area contributed by atoms with Crippen molar-refractivity contribution in [3.05, 3.63) is 27.8 Å². The number of aldehydes is 1. The van der Waals surface area contributed by atoms with Crippen molar-refractivity contribution in [2.24, 2.45) is 0 Å². The van der Waals surface area contributed by atoms with Crippen molar-refractivity contribution >= 4 is 12.0 Å². The van der Waals surface area contributed by atoms with E-state index in [1.165, 1.54) is 13.2 Å². The number of benzene rings is 1. The van der Waals surface area contributed by atoms with Gasteiger partial charge in [0, 0.05) is 12.5 Å². The molecule has 0 unspecified atom stereocenters. The predicted octanol–water partition coefficient (Wildman–Crippen LogP) is 1.05. The van der Waals surface area contributed by atoms with E-state index in [1.54, 1.807) is 0 Å². The van der Waals surface area contributed by atoms with Gasteiger partial charge in [-0.05, 0) is 11.6 Å². The van der Waals surface area contributed by atoms with E-state index >= 15 is 0 Å². The summed E-state index contributed by atoms with van der Waals surface area (Å²) in [5, 5.41) is 19.9. The zero-order valence-electron chi connectivity index (χ0n) is 7.97. The number of nitrogens with zero attached hydrogens (tertiary/aromatic N) is 1. The fourth-order valence-electron chi connectivity index (χ4n) is 1.16. The SMILES string of the molecule is COc1cc(CC=O)cc([N+](=O)[O-])c1O. The highest BCUT2D eigenvalue weighted by Gasteiger charge is 2.19. The van der Waals surface area contributed by atoms with Gasteiger partial charge in [-0.1, -0.05) is 0 Å². The number of phenols is 1. The summed E-state index contributed by atoms with van der Waals surface area (Å²) in [6, 6.07) is 2.53. The summed E-state index contributed by atoms with van der Waals surface area (Å²) in [6.45, 7) is 0. The molecule has 1 aromatic carbocycles. The van der Waals surface area contributed by atoms with E-state index in [2.05, 4.69) is 0 Å². The van der Waals surface area contributed by atoms with Gasteiger partial charge >= 0.3 is 5.69 Å². The lowest BCUT2D eigenvalue weighted by Crippen LogP contribution is -1.95. The molecule has 0 radical (unpaired) electrons. The summed E-state index contributed by atoms with van der Waals surface area (Å²) in [5.74, 6) is -0.543. The number of nitro groups is 1. The number of hydrogen-bond donors (Lipinski definition) is 1. The number of phenolic OH excluding ortho intramolecular Hbond substituents is 1. The Morgan fingerprint density at radius 3 is 2.73 bits per heavy atom. The van der Waals surface area contributed by atoms with Crippen LogP contribution < -0.4 is 4.74 Å². The topological polar surface area (TPSA) is 89.7 Å². The Kier molecular flexibility index (Phi) is 3.22. The molecule has 6 heteroatoms. The molecule has 1 aromatic rings. The normalized spacial score (nSPS) is 9.67. The Labute approximate surface area is 85.2 Å². The van der Waals surface area contributed by atoms with Crippen LogP contribution in [0.15, 0.2) is 12.1 Å². The minimum absolute atomic E-state index is 0.0129. The Balaban J connectivity index is 3.31. The number of carbonyl (C=O) groups excluding carboxylic acids is 1. The third-order valence-electron chi connectivity index (χ3n) is 1.85. The van der Waals surface area contributed by atoms with Crippen LogP contribution in [-0.4, -0.2) is 23.4 Å². The van der Waals surface area contributed by atoms with Crippen LogP contribution >= 0.6 is 0 Å². The van der Waals surface area contributed by atoms with Crippen LogP contribution in [0.4, 0.5) is 5.69 Å². The van der Waals surface area contributed by atoms with Gasteiger partial charge in [0.05, 0.1) is 12.0 Å². The van der Waals surface area contributed by atoms with Crippen LogP contribution in [0.3, 0.4) is 0 Å². The Morgan fingerprint density at radius 2 is 2.27 bits per heavy atom. The molecule has 0 fully saturated rings. The first-order chi connectivity index (χ1) is 7.10. The van der Waals surface area contributed by atoms with Crippen LogP contribution in [0.2, 0.25) is 0 Å². The van der Waals surface area contributed by atoms with Gasteiger partial charge in [0.25, 0.3) is 0 Å². The zero-order chi connectivity index (χ0) is 11.4. The third kappa shape index (κ3) is 2.22. The summed E-state index contributed by atoms with van der Waals surface area (Å²) >= 11 is 0. The van der Waals surface area contributed by atoms with Gasteiger partial charge in [0.15, 0.2) is 5.75 Å². The first-order valence-corrected chi connectivity index (χ1v) is 4.08. The molecular weight excluding hydrogens is 202 g/mol. The van der Waals surface area contributed by atoms with Crippen LogP contribution in [-0.2, 0) is 11.2 Å². The molecule has 1 N–H and O–H groups in total. The molecule has 0 aliphatic rings. The molecule has 0 spiro atoms. The van der Waals surface area contributed by atoms with Crippen molar-refractivity contribution in [1.82, 2.24) is 0 Å². The average Bonchev–Trinajstić information content (AvgIpc) is 2.20. The highest BCUT2D eigenvalue weighted by atomic mass is 16.6. The van der Waals surface area contributed by atoms with Gasteiger partial charge in [0.1, 0.15) is 6.29 Å². The molecule has 6 nitrogen and oxygen atoms in total. The Bertz CT molecular complexity index is 402. The van der Waals surface area contributed by atoms with Gasteiger partial charge < -0.3 is 14.6 Å². The van der Waals surface area contributed by atoms with Gasteiger partial charge in [-0.2, -0.15) is 0 Å². The van der Waals surface area contributed by atoms with Crippen molar-refractivity contribution in [3.63, 3.8) is 0 Å². The van der Waals surface area contributed by atoms with Gasteiger partial charge in [-0.3, -0.25) is 10.1 Å². The summed E-state index contributed by atoms with van der Waals surface area (Å²) in [4.78, 5) is 20.1. The molecule has 0 saturated heterocycles. The van der Waals surface area contributed by atoms with E-state index in [9.17, 15) is 20.0 Å². The average molecular weight is 211 g/mol. The van der Waals surface area contributed by atoms with Crippen LogP contribution in [0.5, 0.6) is 11.5 Å². The lowest BCUT2D eigenvalue weighted by atomic mass is 10.1. The summed E-state index contributed by atoms with van der Waals surface area (Å²) in [5.41, 5.74) is -0.0439. The van der Waals surface area contributed by atoms with E-state index in [4.69, 9.17) is 4.74 Å². The van der Waals surface area contributed by atoms with Gasteiger partial charge in [0.2, 0.25) is 5.75 Å². The molecule has 0 atom stereocenters. The third-order valence-corrected chi connectivity index (χ3v) is 1.85. The van der Waals surface area contributed by atoms with Crippen molar-refractivity contribution < 1.29 is 19.6 Å². The number of ether oxygens (including phenoxy) is 1. The largest absolute Gasteiger partial charge is 0.500 e. The quantitative estimate of drug-likeness (QED) is 0.456. The van der Waals surface area contributed by atoms with E-state index in [-0.39, 0.29) is 12.2 Å². The lowest BCUT2D eigenvalue weighted by molar-refractivity contribution is -0.386. The number of methoxy groups -OCH3 is 1. The van der Waals surface area contributed by atoms with E-state index in [0.717, 1.165) is 6.07 Å². The number of rotatable bonds is 4. The van der Waals surface area contributed by atoms with E-state index in [1.807, 2.05) is 0 Å². The molecule has 0 heterocycles. The fraction of sp³-hybridized carbons (Fsp3) is 0.222. The van der Waals surface area contributed by atoms with Gasteiger partial charge in [-0.15, -0.1) is 0 Å². The molecule has 0 amide bonds. The van der Waals surface area contributed by atoms with Crippen LogP contribution in [0.25, 0.3) is 0 Å². The summed E-state index contributed by atoms with van der Waals surface area (Å²) in [7, 11) is 1.28. The molecule has 0 saturated carbocycles. The van der Waals surface area contributed by atoms with Crippen molar-refractivity contribution in [2.75, 3.05) is 7.11 Å². The predicted molar refractivity (Wildman–Crippen MR) is 51.1 cm³/mol. The Morgan fingerprint density at radius 1 is 1.60 bits per heavy atom. The molecular formula is C9H9NO5. The van der Waals surface area contributed by atoms with E-state index < -0.39 is 16.4 Å². The maximum atomic E-state index is 10.5. The molecule has 0 aliphatic heterocycles. The molecule has 0 aliphatic carbocycles. The standard InChI is InChI=1S/C9H9NO5/c1-15-8-5-6(2-3-11)4-7(9(8)12)10(13)14/h3-5,12H,2H2,1H3. The lowest BCUT2D eigenvalue weighted by Gasteiger charge is -2.05. The summed E-state index contributed by atoms with van der Waals surface area (Å²) in [6.07, 6.45) is 0.660. The maximum absolute atomic E-state index is 10.5. The second kappa shape index (κ2) is 4.41. The second-order valence-electron chi connectivity index (χ2n) is 2.79. The Hall–Kier alpha value is -2.11. The number of carbonyl (C=O) groups is 1. The fourth-order valence-corrected chi connectivity index (χ4v) is 1.16. The first-order valence-electron chi connectivity index (χ1n) is 4.08. The van der Waals surface area contributed by atoms with E-state index in [0.29, 0.717) is 11.8 Å². The highest BCUT2D eigenvalue weighted by molar-refractivity contribution is 5.62. The molecule has 0 bridgehead atoms. The number of hydrogen-bond acceptors (Lipinski definition) is 5. The minimum Gasteiger partial charge on any atom is -0.500 e. The zero-order valence-corrected chi connectivity index (χ0v) is 7.97. The van der Waals surface area contributed by atoms with Crippen molar-refractivity contribution in [1.29, 1.82) is 0 Å². The molecule has 1 rings (SSSR count). The minimum atomic E-state index is -0.730. The molecule has 15 heavy (non-hydrogen) atoms. The van der Waals surface area contributed by atoms with Crippen molar-refractivity contribution in [2.45, 2.75) is 6.42 Å². The van der Waals surface area contributed by atoms with Crippen LogP contribution in [0.1, 0.15) is 5.56 Å².